The third-order valence-electron chi connectivity index (χ3n) is 2.64. The molecule has 1 aromatic heterocycles. The Labute approximate surface area is 113 Å². The number of aryl methyl sites for hydroxylation is 1. The molecular weight excluding hydrogens is 248 g/mol. The summed E-state index contributed by atoms with van der Waals surface area (Å²) in [4.78, 5) is 4.03. The predicted molar refractivity (Wildman–Crippen MR) is 75.1 cm³/mol. The van der Waals surface area contributed by atoms with E-state index in [0.717, 1.165) is 16.9 Å². The lowest BCUT2D eigenvalue weighted by atomic mass is 10.1. The van der Waals surface area contributed by atoms with Crippen molar-refractivity contribution >= 4 is 12.4 Å². The molecule has 3 nitrogen and oxygen atoms in total. The first-order valence-electron chi connectivity index (χ1n) is 5.61. The van der Waals surface area contributed by atoms with Gasteiger partial charge in [0.05, 0.1) is 12.2 Å². The molecule has 1 atom stereocenters. The maximum absolute atomic E-state index is 6.05. The van der Waals surface area contributed by atoms with E-state index in [-0.39, 0.29) is 18.4 Å². The van der Waals surface area contributed by atoms with E-state index in [0.29, 0.717) is 6.61 Å². The number of hydrogen-bond acceptors (Lipinski definition) is 3. The zero-order chi connectivity index (χ0) is 12.1. The first-order valence-corrected chi connectivity index (χ1v) is 5.61. The molecule has 2 rings (SSSR count). The molecule has 0 spiro atoms. The van der Waals surface area contributed by atoms with E-state index in [1.807, 2.05) is 43.3 Å². The Balaban J connectivity index is 0.00000162. The van der Waals surface area contributed by atoms with Crippen molar-refractivity contribution in [2.75, 3.05) is 6.61 Å². The molecule has 0 fully saturated rings. The van der Waals surface area contributed by atoms with E-state index in [4.69, 9.17) is 10.5 Å². The van der Waals surface area contributed by atoms with Gasteiger partial charge in [-0.25, -0.2) is 0 Å². The van der Waals surface area contributed by atoms with Crippen LogP contribution in [-0.2, 0) is 0 Å². The molecule has 4 heteroatoms. The molecule has 0 aliphatic carbocycles. The number of hydrogen-bond donors (Lipinski definition) is 1. The highest BCUT2D eigenvalue weighted by Crippen LogP contribution is 2.17. The standard InChI is InChI=1S/C14H16N2O.ClH/c1-11-7-8-16-9-14(11)17-10-13(15)12-5-3-2-4-6-12;/h2-9,13H,10,15H2,1H3;1H. The van der Waals surface area contributed by atoms with Crippen LogP contribution >= 0.6 is 12.4 Å². The average molecular weight is 265 g/mol. The van der Waals surface area contributed by atoms with Gasteiger partial charge in [-0.05, 0) is 24.1 Å². The van der Waals surface area contributed by atoms with Gasteiger partial charge in [0, 0.05) is 6.20 Å². The molecule has 0 amide bonds. The first kappa shape index (κ1) is 14.5. The molecule has 0 aliphatic rings. The van der Waals surface area contributed by atoms with Crippen molar-refractivity contribution < 1.29 is 4.74 Å². The van der Waals surface area contributed by atoms with Gasteiger partial charge < -0.3 is 10.5 Å². The Kier molecular flexibility index (Phi) is 5.62. The number of nitrogens with two attached hydrogens (primary N) is 1. The topological polar surface area (TPSA) is 48.1 Å². The fourth-order valence-electron chi connectivity index (χ4n) is 1.58. The molecule has 0 aliphatic heterocycles. The SMILES string of the molecule is Cc1ccncc1OCC(N)c1ccccc1.Cl. The van der Waals surface area contributed by atoms with Gasteiger partial charge in [-0.3, -0.25) is 4.98 Å². The molecule has 2 aromatic rings. The summed E-state index contributed by atoms with van der Waals surface area (Å²) in [5.41, 5.74) is 8.20. The van der Waals surface area contributed by atoms with Gasteiger partial charge >= 0.3 is 0 Å². The van der Waals surface area contributed by atoms with Crippen molar-refractivity contribution in [1.82, 2.24) is 4.98 Å². The number of benzene rings is 1. The lowest BCUT2D eigenvalue weighted by Gasteiger charge is -2.14. The highest BCUT2D eigenvalue weighted by Gasteiger charge is 2.07. The summed E-state index contributed by atoms with van der Waals surface area (Å²) in [6, 6.07) is 11.7. The van der Waals surface area contributed by atoms with Gasteiger partial charge in [0.2, 0.25) is 0 Å². The summed E-state index contributed by atoms with van der Waals surface area (Å²) in [6.45, 7) is 2.45. The minimum Gasteiger partial charge on any atom is -0.490 e. The predicted octanol–water partition coefficient (Wildman–Crippen LogP) is 2.89. The van der Waals surface area contributed by atoms with Crippen LogP contribution in [-0.4, -0.2) is 11.6 Å². The van der Waals surface area contributed by atoms with Crippen LogP contribution in [0.2, 0.25) is 0 Å². The highest BCUT2D eigenvalue weighted by molar-refractivity contribution is 5.85. The minimum absolute atomic E-state index is 0. The largest absolute Gasteiger partial charge is 0.490 e. The fourth-order valence-corrected chi connectivity index (χ4v) is 1.58. The van der Waals surface area contributed by atoms with Crippen LogP contribution in [0.1, 0.15) is 17.2 Å². The number of ether oxygens (including phenoxy) is 1. The van der Waals surface area contributed by atoms with Crippen molar-refractivity contribution in [2.45, 2.75) is 13.0 Å². The smallest absolute Gasteiger partial charge is 0.140 e. The van der Waals surface area contributed by atoms with Crippen LogP contribution in [0.25, 0.3) is 0 Å². The Morgan fingerprint density at radius 2 is 1.94 bits per heavy atom. The summed E-state index contributed by atoms with van der Waals surface area (Å²) in [5, 5.41) is 0. The zero-order valence-corrected chi connectivity index (χ0v) is 11.1. The second-order valence-corrected chi connectivity index (χ2v) is 3.97. The lowest BCUT2D eigenvalue weighted by molar-refractivity contribution is 0.288. The fraction of sp³-hybridized carbons (Fsp3) is 0.214. The van der Waals surface area contributed by atoms with Gasteiger partial charge in [0.25, 0.3) is 0 Å². The van der Waals surface area contributed by atoms with Gasteiger partial charge in [-0.1, -0.05) is 30.3 Å². The molecule has 1 unspecified atom stereocenters. The van der Waals surface area contributed by atoms with Crippen LogP contribution in [0.3, 0.4) is 0 Å². The quantitative estimate of drug-likeness (QED) is 0.924. The van der Waals surface area contributed by atoms with Gasteiger partial charge in [-0.2, -0.15) is 0 Å². The summed E-state index contributed by atoms with van der Waals surface area (Å²) in [5.74, 6) is 0.791. The normalized spacial score (nSPS) is 11.4. The molecule has 2 N–H and O–H groups in total. The van der Waals surface area contributed by atoms with Gasteiger partial charge in [0.15, 0.2) is 0 Å². The number of rotatable bonds is 4. The van der Waals surface area contributed by atoms with Crippen LogP contribution in [0.5, 0.6) is 5.75 Å². The van der Waals surface area contributed by atoms with Crippen molar-refractivity contribution in [3.05, 3.63) is 59.9 Å². The highest BCUT2D eigenvalue weighted by atomic mass is 35.5. The Hall–Kier alpha value is -1.58. The lowest BCUT2D eigenvalue weighted by Crippen LogP contribution is -2.19. The summed E-state index contributed by atoms with van der Waals surface area (Å²) in [6.07, 6.45) is 3.46. The van der Waals surface area contributed by atoms with Crippen LogP contribution in [0.4, 0.5) is 0 Å². The molecule has 18 heavy (non-hydrogen) atoms. The third kappa shape index (κ3) is 3.72. The second-order valence-electron chi connectivity index (χ2n) is 3.97. The number of aromatic nitrogens is 1. The van der Waals surface area contributed by atoms with Gasteiger partial charge in [0.1, 0.15) is 12.4 Å². The first-order chi connectivity index (χ1) is 8.27. The van der Waals surface area contributed by atoms with E-state index in [1.54, 1.807) is 12.4 Å². The number of pyridine rings is 1. The molecule has 96 valence electrons. The maximum atomic E-state index is 6.05. The van der Waals surface area contributed by atoms with E-state index in [1.165, 1.54) is 0 Å². The summed E-state index contributed by atoms with van der Waals surface area (Å²) < 4.78 is 5.67. The minimum atomic E-state index is -0.115. The van der Waals surface area contributed by atoms with E-state index < -0.39 is 0 Å². The van der Waals surface area contributed by atoms with Crippen molar-refractivity contribution in [2.24, 2.45) is 5.73 Å². The molecule has 0 saturated heterocycles. The van der Waals surface area contributed by atoms with Crippen molar-refractivity contribution in [3.8, 4) is 5.75 Å². The maximum Gasteiger partial charge on any atom is 0.140 e. The molecular formula is C14H17ClN2O. The van der Waals surface area contributed by atoms with Crippen molar-refractivity contribution in [1.29, 1.82) is 0 Å². The Bertz CT molecular complexity index is 476. The number of nitrogens with zero attached hydrogens (tertiary/aromatic N) is 1. The molecule has 0 bridgehead atoms. The van der Waals surface area contributed by atoms with E-state index in [9.17, 15) is 0 Å². The van der Waals surface area contributed by atoms with Crippen LogP contribution in [0, 0.1) is 6.92 Å². The second kappa shape index (κ2) is 6.99. The zero-order valence-electron chi connectivity index (χ0n) is 10.2. The van der Waals surface area contributed by atoms with Crippen molar-refractivity contribution in [3.63, 3.8) is 0 Å². The van der Waals surface area contributed by atoms with Gasteiger partial charge in [-0.15, -0.1) is 12.4 Å². The molecule has 1 heterocycles. The third-order valence-corrected chi connectivity index (χ3v) is 2.64. The molecule has 0 saturated carbocycles. The number of halogens is 1. The average Bonchev–Trinajstić information content (AvgIpc) is 2.38. The Morgan fingerprint density at radius 1 is 1.22 bits per heavy atom. The molecule has 0 radical (unpaired) electrons. The summed E-state index contributed by atoms with van der Waals surface area (Å²) in [7, 11) is 0. The summed E-state index contributed by atoms with van der Waals surface area (Å²) >= 11 is 0. The van der Waals surface area contributed by atoms with Crippen LogP contribution < -0.4 is 10.5 Å². The van der Waals surface area contributed by atoms with E-state index in [2.05, 4.69) is 4.98 Å². The van der Waals surface area contributed by atoms with Crippen LogP contribution in [0.15, 0.2) is 48.8 Å². The van der Waals surface area contributed by atoms with E-state index >= 15 is 0 Å². The Morgan fingerprint density at radius 3 is 2.61 bits per heavy atom. The monoisotopic (exact) mass is 264 g/mol. The molecule has 1 aromatic carbocycles.